The summed E-state index contributed by atoms with van der Waals surface area (Å²) in [5.74, 6) is -0.736. The number of benzene rings is 1. The summed E-state index contributed by atoms with van der Waals surface area (Å²) in [6.45, 7) is 4.43. The smallest absolute Gasteiger partial charge is 0.190 e. The largest absolute Gasteiger partial charge is 0.392 e. The van der Waals surface area contributed by atoms with Crippen molar-refractivity contribution < 1.29 is 33.5 Å². The monoisotopic (exact) mass is 380 g/mol. The number of hydrogen-bond donors (Lipinski definition) is 1. The zero-order valence-corrected chi connectivity index (χ0v) is 16.0. The second-order valence-electron chi connectivity index (χ2n) is 7.00. The van der Waals surface area contributed by atoms with Crippen LogP contribution in [0.2, 0.25) is 0 Å². The first kappa shape index (κ1) is 20.4. The third-order valence-corrected chi connectivity index (χ3v) is 4.47. The summed E-state index contributed by atoms with van der Waals surface area (Å²) >= 11 is 0. The van der Waals surface area contributed by atoms with Crippen LogP contribution in [0, 0.1) is 0 Å². The first-order chi connectivity index (χ1) is 13.0. The minimum absolute atomic E-state index is 0.106. The molecule has 7 nitrogen and oxygen atoms in total. The molecule has 0 radical (unpaired) electrons. The van der Waals surface area contributed by atoms with Gasteiger partial charge in [0.1, 0.15) is 25.1 Å². The van der Waals surface area contributed by atoms with E-state index in [1.54, 1.807) is 13.2 Å². The Labute approximate surface area is 159 Å². The fourth-order valence-corrected chi connectivity index (χ4v) is 3.34. The minimum Gasteiger partial charge on any atom is -0.392 e. The van der Waals surface area contributed by atoms with Gasteiger partial charge >= 0.3 is 0 Å². The number of aliphatic hydroxyl groups is 1. The number of ether oxygens (including phenoxy) is 6. The van der Waals surface area contributed by atoms with E-state index in [0.717, 1.165) is 11.1 Å². The first-order valence-corrected chi connectivity index (χ1v) is 9.07. The molecule has 0 bridgehead atoms. The summed E-state index contributed by atoms with van der Waals surface area (Å²) in [5.41, 5.74) is 1.86. The highest BCUT2D eigenvalue weighted by molar-refractivity contribution is 5.17. The molecule has 2 aliphatic rings. The number of fused-ring (bicyclic) bond motifs is 1. The van der Waals surface area contributed by atoms with Crippen molar-refractivity contribution in [3.05, 3.63) is 47.5 Å². The van der Waals surface area contributed by atoms with Crippen LogP contribution in [0.3, 0.4) is 0 Å². The van der Waals surface area contributed by atoms with Crippen LogP contribution < -0.4 is 0 Å². The third-order valence-electron chi connectivity index (χ3n) is 4.47. The van der Waals surface area contributed by atoms with Crippen molar-refractivity contribution in [3.63, 3.8) is 0 Å². The van der Waals surface area contributed by atoms with Gasteiger partial charge in [-0.25, -0.2) is 0 Å². The predicted molar refractivity (Wildman–Crippen MR) is 96.7 cm³/mol. The van der Waals surface area contributed by atoms with E-state index >= 15 is 0 Å². The van der Waals surface area contributed by atoms with Gasteiger partial charge in [0.15, 0.2) is 12.1 Å². The highest BCUT2D eigenvalue weighted by atomic mass is 16.8. The highest BCUT2D eigenvalue weighted by Gasteiger charge is 2.56. The molecular formula is C20H28O7. The lowest BCUT2D eigenvalue weighted by atomic mass is 10.0. The molecule has 0 saturated carbocycles. The lowest BCUT2D eigenvalue weighted by molar-refractivity contribution is -0.219. The van der Waals surface area contributed by atoms with Gasteiger partial charge in [0, 0.05) is 7.11 Å². The van der Waals surface area contributed by atoms with Crippen LogP contribution in [0.4, 0.5) is 0 Å². The van der Waals surface area contributed by atoms with E-state index in [1.807, 2.05) is 44.2 Å². The molecule has 2 fully saturated rings. The van der Waals surface area contributed by atoms with Crippen LogP contribution in [0.15, 0.2) is 42.0 Å². The van der Waals surface area contributed by atoms with Crippen LogP contribution >= 0.6 is 0 Å². The molecule has 2 heterocycles. The fourth-order valence-electron chi connectivity index (χ4n) is 3.34. The van der Waals surface area contributed by atoms with Crippen molar-refractivity contribution in [2.75, 3.05) is 27.1 Å². The Kier molecular flexibility index (Phi) is 6.99. The second kappa shape index (κ2) is 9.25. The Balaban J connectivity index is 1.66. The lowest BCUT2D eigenvalue weighted by Crippen LogP contribution is -2.39. The summed E-state index contributed by atoms with van der Waals surface area (Å²) in [7, 11) is 1.56. The number of hydrogen-bond acceptors (Lipinski definition) is 7. The maximum atomic E-state index is 9.45. The predicted octanol–water partition coefficient (Wildman–Crippen LogP) is 1.99. The maximum absolute atomic E-state index is 9.45. The second-order valence-corrected chi connectivity index (χ2v) is 7.00. The van der Waals surface area contributed by atoms with Crippen molar-refractivity contribution >= 4 is 0 Å². The molecule has 4 atom stereocenters. The van der Waals surface area contributed by atoms with Crippen molar-refractivity contribution in [2.24, 2.45) is 0 Å². The van der Waals surface area contributed by atoms with Crippen molar-refractivity contribution in [1.82, 2.24) is 0 Å². The molecule has 3 rings (SSSR count). The fraction of sp³-hybridized carbons (Fsp3) is 0.600. The minimum atomic E-state index is -0.736. The molecule has 2 aliphatic heterocycles. The van der Waals surface area contributed by atoms with E-state index in [0.29, 0.717) is 13.2 Å². The van der Waals surface area contributed by atoms with Crippen LogP contribution in [0.25, 0.3) is 0 Å². The van der Waals surface area contributed by atoms with Crippen LogP contribution in [-0.4, -0.2) is 62.6 Å². The van der Waals surface area contributed by atoms with Gasteiger partial charge in [0.2, 0.25) is 0 Å². The Bertz CT molecular complexity index is 616. The topological polar surface area (TPSA) is 75.6 Å². The van der Waals surface area contributed by atoms with E-state index < -0.39 is 24.3 Å². The van der Waals surface area contributed by atoms with E-state index in [2.05, 4.69) is 0 Å². The molecule has 0 spiro atoms. The average Bonchev–Trinajstić information content (AvgIpc) is 3.12. The zero-order valence-electron chi connectivity index (χ0n) is 16.0. The maximum Gasteiger partial charge on any atom is 0.190 e. The van der Waals surface area contributed by atoms with Crippen molar-refractivity contribution in [2.45, 2.75) is 50.8 Å². The van der Waals surface area contributed by atoms with Gasteiger partial charge in [0.25, 0.3) is 0 Å². The van der Waals surface area contributed by atoms with Gasteiger partial charge in [-0.15, -0.1) is 0 Å². The molecule has 27 heavy (non-hydrogen) atoms. The molecule has 1 aromatic rings. The molecule has 2 saturated heterocycles. The normalized spacial score (nSPS) is 29.9. The van der Waals surface area contributed by atoms with Gasteiger partial charge in [-0.05, 0) is 25.0 Å². The zero-order chi connectivity index (χ0) is 19.3. The summed E-state index contributed by atoms with van der Waals surface area (Å²) in [5, 5.41) is 9.45. The van der Waals surface area contributed by atoms with Crippen molar-refractivity contribution in [3.8, 4) is 0 Å². The SMILES string of the molecule is COCO[C@@H]1[C@H]2OC(C)(C)O[C@H]2O[C@@H]1/C(=C\CO)COCc1ccccc1. The third kappa shape index (κ3) is 5.14. The van der Waals surface area contributed by atoms with E-state index in [1.165, 1.54) is 0 Å². The quantitative estimate of drug-likeness (QED) is 0.519. The Hall–Kier alpha value is -1.32. The van der Waals surface area contributed by atoms with Crippen LogP contribution in [0.5, 0.6) is 0 Å². The summed E-state index contributed by atoms with van der Waals surface area (Å²) in [4.78, 5) is 0. The summed E-state index contributed by atoms with van der Waals surface area (Å²) < 4.78 is 34.6. The van der Waals surface area contributed by atoms with Gasteiger partial charge in [-0.2, -0.15) is 0 Å². The summed E-state index contributed by atoms with van der Waals surface area (Å²) in [6, 6.07) is 9.90. The molecular weight excluding hydrogens is 352 g/mol. The van der Waals surface area contributed by atoms with E-state index in [9.17, 15) is 5.11 Å². The molecule has 150 valence electrons. The molecule has 1 aromatic carbocycles. The Morgan fingerprint density at radius 3 is 2.70 bits per heavy atom. The van der Waals surface area contributed by atoms with Crippen LogP contribution in [-0.2, 0) is 35.0 Å². The molecule has 0 unspecified atom stereocenters. The van der Waals surface area contributed by atoms with Crippen molar-refractivity contribution in [1.29, 1.82) is 0 Å². The number of aliphatic hydroxyl groups excluding tert-OH is 1. The van der Waals surface area contributed by atoms with Gasteiger partial charge in [-0.1, -0.05) is 36.4 Å². The van der Waals surface area contributed by atoms with E-state index in [4.69, 9.17) is 28.4 Å². The standard InChI is InChI=1S/C20H28O7/c1-20(2)26-18-17(24-13-22-3)16(25-19(18)27-20)15(9-10-21)12-23-11-14-7-5-4-6-8-14/h4-9,16-19,21H,10-13H2,1-3H3/b15-9-/t16-,17+,18-,19-/m1/s1. The van der Waals surface area contributed by atoms with Crippen LogP contribution in [0.1, 0.15) is 19.4 Å². The number of rotatable bonds is 9. The molecule has 0 aliphatic carbocycles. The van der Waals surface area contributed by atoms with Gasteiger partial charge < -0.3 is 33.5 Å². The molecule has 7 heteroatoms. The van der Waals surface area contributed by atoms with Gasteiger partial charge in [0.05, 0.1) is 19.8 Å². The molecule has 0 amide bonds. The number of methoxy groups -OCH3 is 1. The Morgan fingerprint density at radius 1 is 1.22 bits per heavy atom. The average molecular weight is 380 g/mol. The van der Waals surface area contributed by atoms with E-state index in [-0.39, 0.29) is 19.5 Å². The lowest BCUT2D eigenvalue weighted by Gasteiger charge is -2.27. The highest BCUT2D eigenvalue weighted by Crippen LogP contribution is 2.40. The Morgan fingerprint density at radius 2 is 2.00 bits per heavy atom. The first-order valence-electron chi connectivity index (χ1n) is 9.07. The molecule has 1 N–H and O–H groups in total. The van der Waals surface area contributed by atoms with Gasteiger partial charge in [-0.3, -0.25) is 0 Å². The summed E-state index contributed by atoms with van der Waals surface area (Å²) in [6.07, 6.45) is -0.103. The molecule has 0 aromatic heterocycles.